The lowest BCUT2D eigenvalue weighted by Crippen LogP contribution is -2.31. The zero-order valence-corrected chi connectivity index (χ0v) is 19.5. The van der Waals surface area contributed by atoms with Gasteiger partial charge in [0.2, 0.25) is 0 Å². The molecule has 0 aromatic heterocycles. The van der Waals surface area contributed by atoms with Crippen molar-refractivity contribution < 1.29 is 9.47 Å². The Morgan fingerprint density at radius 3 is 1.87 bits per heavy atom. The van der Waals surface area contributed by atoms with E-state index in [1.807, 2.05) is 0 Å². The average molecular weight is 421 g/mol. The van der Waals surface area contributed by atoms with Gasteiger partial charge in [-0.1, -0.05) is 88.1 Å². The summed E-state index contributed by atoms with van der Waals surface area (Å²) in [4.78, 5) is 0. The average Bonchev–Trinajstić information content (AvgIpc) is 2.84. The molecule has 4 rings (SSSR count). The highest BCUT2D eigenvalue weighted by Crippen LogP contribution is 2.38. The second kappa shape index (κ2) is 11.3. The standard InChI is InChI=1S/C29H40O2/c1-3-5-7-28-20-31-29(21-30-28)27-18-16-26(17-19-27)25-14-12-24(13-15-25)23-10-8-22(6-4-2)9-11-23/h12-19,22-23,28-29H,3-11,20-21H2,1-2H3/t22-,23-,28-,29-/m1/s1. The topological polar surface area (TPSA) is 18.5 Å². The molecule has 2 aliphatic rings. The number of unbranched alkanes of at least 4 members (excludes halogenated alkanes) is 1. The first kappa shape index (κ1) is 22.6. The third-order valence-electron chi connectivity index (χ3n) is 7.39. The smallest absolute Gasteiger partial charge is 0.106 e. The SMILES string of the molecule is CCCC[C@@H]1CO[C@@H](c2ccc(-c3ccc([C@H]4CC[C@H](CCC)CC4)cc3)cc2)CO1. The van der Waals surface area contributed by atoms with Crippen LogP contribution in [-0.4, -0.2) is 19.3 Å². The van der Waals surface area contributed by atoms with Crippen LogP contribution in [0.15, 0.2) is 48.5 Å². The molecule has 0 N–H and O–H groups in total. The van der Waals surface area contributed by atoms with Gasteiger partial charge < -0.3 is 9.47 Å². The van der Waals surface area contributed by atoms with E-state index in [-0.39, 0.29) is 12.2 Å². The van der Waals surface area contributed by atoms with Gasteiger partial charge in [-0.15, -0.1) is 0 Å². The van der Waals surface area contributed by atoms with Gasteiger partial charge in [0.25, 0.3) is 0 Å². The summed E-state index contributed by atoms with van der Waals surface area (Å²) < 4.78 is 12.1. The van der Waals surface area contributed by atoms with Crippen LogP contribution in [0.5, 0.6) is 0 Å². The summed E-state index contributed by atoms with van der Waals surface area (Å²) in [5.74, 6) is 1.73. The van der Waals surface area contributed by atoms with Crippen molar-refractivity contribution in [3.8, 4) is 11.1 Å². The molecule has 2 fully saturated rings. The summed E-state index contributed by atoms with van der Waals surface area (Å²) >= 11 is 0. The van der Waals surface area contributed by atoms with Crippen LogP contribution in [0.3, 0.4) is 0 Å². The Bertz CT molecular complexity index is 763. The van der Waals surface area contributed by atoms with Gasteiger partial charge >= 0.3 is 0 Å². The summed E-state index contributed by atoms with van der Waals surface area (Å²) in [6.07, 6.45) is 12.2. The Labute approximate surface area is 189 Å². The minimum absolute atomic E-state index is 0.0668. The molecule has 0 bridgehead atoms. The number of benzene rings is 2. The van der Waals surface area contributed by atoms with E-state index >= 15 is 0 Å². The molecule has 0 unspecified atom stereocenters. The predicted octanol–water partition coefficient (Wildman–Crippen LogP) is 8.07. The van der Waals surface area contributed by atoms with Gasteiger partial charge in [0, 0.05) is 0 Å². The Hall–Kier alpha value is -1.64. The van der Waals surface area contributed by atoms with Crippen molar-refractivity contribution in [2.24, 2.45) is 5.92 Å². The highest BCUT2D eigenvalue weighted by Gasteiger charge is 2.23. The van der Waals surface area contributed by atoms with E-state index < -0.39 is 0 Å². The van der Waals surface area contributed by atoms with E-state index in [4.69, 9.17) is 9.47 Å². The summed E-state index contributed by atoms with van der Waals surface area (Å²) in [5.41, 5.74) is 5.33. The highest BCUT2D eigenvalue weighted by atomic mass is 16.6. The van der Waals surface area contributed by atoms with Crippen LogP contribution in [0.1, 0.15) is 94.8 Å². The fourth-order valence-electron chi connectivity index (χ4n) is 5.36. The fourth-order valence-corrected chi connectivity index (χ4v) is 5.36. The predicted molar refractivity (Wildman–Crippen MR) is 129 cm³/mol. The molecule has 168 valence electrons. The Balaban J connectivity index is 1.31. The maximum atomic E-state index is 6.10. The first-order chi connectivity index (χ1) is 15.3. The minimum Gasteiger partial charge on any atom is -0.373 e. The zero-order chi connectivity index (χ0) is 21.5. The molecule has 1 saturated carbocycles. The zero-order valence-electron chi connectivity index (χ0n) is 19.5. The van der Waals surface area contributed by atoms with Crippen molar-refractivity contribution >= 4 is 0 Å². The van der Waals surface area contributed by atoms with E-state index in [9.17, 15) is 0 Å². The molecular weight excluding hydrogens is 380 g/mol. The van der Waals surface area contributed by atoms with E-state index in [1.54, 1.807) is 0 Å². The molecule has 2 heteroatoms. The summed E-state index contributed by atoms with van der Waals surface area (Å²) in [5, 5.41) is 0. The molecular formula is C29H40O2. The van der Waals surface area contributed by atoms with E-state index in [0.29, 0.717) is 13.2 Å². The van der Waals surface area contributed by atoms with E-state index in [0.717, 1.165) is 18.3 Å². The summed E-state index contributed by atoms with van der Waals surface area (Å²) in [6, 6.07) is 18.2. The quantitative estimate of drug-likeness (QED) is 0.430. The highest BCUT2D eigenvalue weighted by molar-refractivity contribution is 5.64. The second-order valence-electron chi connectivity index (χ2n) is 9.67. The number of hydrogen-bond donors (Lipinski definition) is 0. The van der Waals surface area contributed by atoms with Crippen molar-refractivity contribution in [1.29, 1.82) is 0 Å². The molecule has 2 atom stereocenters. The molecule has 31 heavy (non-hydrogen) atoms. The summed E-state index contributed by atoms with van der Waals surface area (Å²) in [6.45, 7) is 5.93. The number of hydrogen-bond acceptors (Lipinski definition) is 2. The second-order valence-corrected chi connectivity index (χ2v) is 9.67. The van der Waals surface area contributed by atoms with Crippen LogP contribution >= 0.6 is 0 Å². The van der Waals surface area contributed by atoms with Crippen LogP contribution in [0.2, 0.25) is 0 Å². The van der Waals surface area contributed by atoms with Crippen LogP contribution in [0.25, 0.3) is 11.1 Å². The Kier molecular flexibility index (Phi) is 8.21. The molecule has 1 aliphatic carbocycles. The third-order valence-corrected chi connectivity index (χ3v) is 7.39. The van der Waals surface area contributed by atoms with Crippen LogP contribution in [-0.2, 0) is 9.47 Å². The van der Waals surface area contributed by atoms with Gasteiger partial charge in [0.1, 0.15) is 6.10 Å². The number of ether oxygens (including phenoxy) is 2. The van der Waals surface area contributed by atoms with Gasteiger partial charge in [-0.3, -0.25) is 0 Å². The normalized spacial score (nSPS) is 26.6. The van der Waals surface area contributed by atoms with E-state index in [2.05, 4.69) is 62.4 Å². The minimum atomic E-state index is 0.0668. The lowest BCUT2D eigenvalue weighted by molar-refractivity contribution is -0.137. The molecule has 0 amide bonds. The largest absolute Gasteiger partial charge is 0.373 e. The monoisotopic (exact) mass is 420 g/mol. The Morgan fingerprint density at radius 2 is 1.32 bits per heavy atom. The van der Waals surface area contributed by atoms with Crippen molar-refractivity contribution in [2.75, 3.05) is 13.2 Å². The van der Waals surface area contributed by atoms with Crippen LogP contribution < -0.4 is 0 Å². The van der Waals surface area contributed by atoms with Crippen molar-refractivity contribution in [2.45, 2.75) is 89.8 Å². The molecule has 1 saturated heterocycles. The van der Waals surface area contributed by atoms with Crippen molar-refractivity contribution in [3.05, 3.63) is 59.7 Å². The Morgan fingerprint density at radius 1 is 0.677 bits per heavy atom. The maximum Gasteiger partial charge on any atom is 0.106 e. The molecule has 2 aromatic carbocycles. The van der Waals surface area contributed by atoms with Crippen molar-refractivity contribution in [3.63, 3.8) is 0 Å². The lowest BCUT2D eigenvalue weighted by atomic mass is 9.77. The summed E-state index contributed by atoms with van der Waals surface area (Å²) in [7, 11) is 0. The first-order valence-electron chi connectivity index (χ1n) is 12.7. The third kappa shape index (κ3) is 5.99. The molecule has 0 spiro atoms. The first-order valence-corrected chi connectivity index (χ1v) is 12.7. The fraction of sp³-hybridized carbons (Fsp3) is 0.586. The molecule has 1 heterocycles. The van der Waals surface area contributed by atoms with Gasteiger partial charge in [0.15, 0.2) is 0 Å². The lowest BCUT2D eigenvalue weighted by Gasteiger charge is -2.30. The van der Waals surface area contributed by atoms with Gasteiger partial charge in [-0.2, -0.15) is 0 Å². The van der Waals surface area contributed by atoms with Crippen LogP contribution in [0.4, 0.5) is 0 Å². The molecule has 2 nitrogen and oxygen atoms in total. The van der Waals surface area contributed by atoms with Crippen LogP contribution in [0, 0.1) is 5.92 Å². The molecule has 2 aromatic rings. The van der Waals surface area contributed by atoms with Gasteiger partial charge in [0.05, 0.1) is 19.3 Å². The maximum absolute atomic E-state index is 6.10. The van der Waals surface area contributed by atoms with Crippen molar-refractivity contribution in [1.82, 2.24) is 0 Å². The molecule has 1 aliphatic heterocycles. The number of rotatable bonds is 8. The van der Waals surface area contributed by atoms with E-state index in [1.165, 1.54) is 73.6 Å². The molecule has 0 radical (unpaired) electrons. The van der Waals surface area contributed by atoms with Gasteiger partial charge in [-0.05, 0) is 66.2 Å². The van der Waals surface area contributed by atoms with Gasteiger partial charge in [-0.25, -0.2) is 0 Å².